The number of fused-ring (bicyclic) bond motifs is 1. The van der Waals surface area contributed by atoms with Crippen molar-refractivity contribution in [2.45, 2.75) is 7.43 Å². The van der Waals surface area contributed by atoms with Gasteiger partial charge in [-0.1, -0.05) is 31.7 Å². The number of rotatable bonds is 0. The van der Waals surface area contributed by atoms with Crippen LogP contribution in [-0.2, 0) is 0 Å². The molecule has 0 atom stereocenters. The van der Waals surface area contributed by atoms with Crippen LogP contribution in [0.25, 0.3) is 0 Å². The first-order chi connectivity index (χ1) is 5.79. The topological polar surface area (TPSA) is 34.1 Å². The third kappa shape index (κ3) is 1.43. The molecule has 0 unspecified atom stereocenters. The fourth-order valence-electron chi connectivity index (χ4n) is 1.24. The summed E-state index contributed by atoms with van der Waals surface area (Å²) in [4.78, 5) is 22.4. The van der Waals surface area contributed by atoms with Gasteiger partial charge < -0.3 is 0 Å². The van der Waals surface area contributed by atoms with Crippen LogP contribution in [0.1, 0.15) is 28.1 Å². The fraction of sp³-hybridized carbons (Fsp3) is 0.0909. The summed E-state index contributed by atoms with van der Waals surface area (Å²) in [7, 11) is 0. The molecule has 2 rings (SSSR count). The van der Waals surface area contributed by atoms with Crippen LogP contribution in [0.3, 0.4) is 0 Å². The molecule has 0 heterocycles. The Kier molecular flexibility index (Phi) is 2.42. The Balaban J connectivity index is 0.000000845. The van der Waals surface area contributed by atoms with Crippen molar-refractivity contribution in [3.05, 3.63) is 47.5 Å². The SMILES string of the molecule is C.O=C1C=CC(=O)c2ccccc21. The van der Waals surface area contributed by atoms with E-state index in [2.05, 4.69) is 0 Å². The van der Waals surface area contributed by atoms with Crippen LogP contribution in [0.15, 0.2) is 36.4 Å². The lowest BCUT2D eigenvalue weighted by Crippen LogP contribution is -2.10. The largest absolute Gasteiger partial charge is 0.289 e. The predicted molar refractivity (Wildman–Crippen MR) is 51.0 cm³/mol. The molecular formula is C11H10O2. The van der Waals surface area contributed by atoms with Gasteiger partial charge in [-0.3, -0.25) is 9.59 Å². The van der Waals surface area contributed by atoms with Gasteiger partial charge >= 0.3 is 0 Å². The van der Waals surface area contributed by atoms with E-state index in [0.717, 1.165) is 0 Å². The minimum absolute atomic E-state index is 0. The van der Waals surface area contributed by atoms with Gasteiger partial charge in [0.1, 0.15) is 0 Å². The number of ketones is 2. The van der Waals surface area contributed by atoms with Gasteiger partial charge in [0.25, 0.3) is 0 Å². The molecule has 0 bridgehead atoms. The normalized spacial score (nSPS) is 13.5. The molecule has 1 aromatic carbocycles. The molecular weight excluding hydrogens is 164 g/mol. The van der Waals surface area contributed by atoms with Gasteiger partial charge in [0.05, 0.1) is 0 Å². The van der Waals surface area contributed by atoms with Crippen molar-refractivity contribution in [3.63, 3.8) is 0 Å². The lowest BCUT2D eigenvalue weighted by Gasteiger charge is -2.06. The van der Waals surface area contributed by atoms with Crippen LogP contribution in [0, 0.1) is 0 Å². The highest BCUT2D eigenvalue weighted by Gasteiger charge is 2.16. The molecule has 2 nitrogen and oxygen atoms in total. The maximum atomic E-state index is 11.2. The average molecular weight is 174 g/mol. The van der Waals surface area contributed by atoms with E-state index in [-0.39, 0.29) is 19.0 Å². The molecule has 0 amide bonds. The molecule has 2 heteroatoms. The first-order valence-electron chi connectivity index (χ1n) is 3.65. The van der Waals surface area contributed by atoms with Crippen LogP contribution >= 0.6 is 0 Å². The number of hydrogen-bond donors (Lipinski definition) is 0. The monoisotopic (exact) mass is 174 g/mol. The van der Waals surface area contributed by atoms with E-state index < -0.39 is 0 Å². The minimum atomic E-state index is -0.0924. The van der Waals surface area contributed by atoms with Crippen molar-refractivity contribution in [1.82, 2.24) is 0 Å². The number of carbonyl (C=O) groups is 2. The molecule has 1 aliphatic carbocycles. The van der Waals surface area contributed by atoms with E-state index in [0.29, 0.717) is 11.1 Å². The van der Waals surface area contributed by atoms with Gasteiger partial charge in [0.2, 0.25) is 0 Å². The molecule has 0 saturated heterocycles. The van der Waals surface area contributed by atoms with Gasteiger partial charge in [-0.2, -0.15) is 0 Å². The molecule has 1 aromatic rings. The van der Waals surface area contributed by atoms with E-state index in [9.17, 15) is 9.59 Å². The zero-order valence-corrected chi connectivity index (χ0v) is 6.28. The summed E-state index contributed by atoms with van der Waals surface area (Å²) in [6.45, 7) is 0. The minimum Gasteiger partial charge on any atom is -0.289 e. The van der Waals surface area contributed by atoms with Crippen molar-refractivity contribution in [1.29, 1.82) is 0 Å². The first kappa shape index (κ1) is 9.39. The number of allylic oxidation sites excluding steroid dienone is 2. The van der Waals surface area contributed by atoms with Crippen molar-refractivity contribution in [3.8, 4) is 0 Å². The predicted octanol–water partition coefficient (Wildman–Crippen LogP) is 2.26. The van der Waals surface area contributed by atoms with Crippen LogP contribution in [0.5, 0.6) is 0 Å². The quantitative estimate of drug-likeness (QED) is 0.604. The summed E-state index contributed by atoms with van der Waals surface area (Å²) in [5.41, 5.74) is 1.01. The van der Waals surface area contributed by atoms with Crippen LogP contribution in [0.2, 0.25) is 0 Å². The number of hydrogen-bond acceptors (Lipinski definition) is 2. The lowest BCUT2D eigenvalue weighted by molar-refractivity contribution is 0.0994. The van der Waals surface area contributed by atoms with Gasteiger partial charge in [0.15, 0.2) is 11.6 Å². The first-order valence-corrected chi connectivity index (χ1v) is 3.65. The highest BCUT2D eigenvalue weighted by Crippen LogP contribution is 2.15. The van der Waals surface area contributed by atoms with E-state index in [4.69, 9.17) is 0 Å². The Morgan fingerprint density at radius 1 is 0.769 bits per heavy atom. The van der Waals surface area contributed by atoms with Gasteiger partial charge in [-0.25, -0.2) is 0 Å². The van der Waals surface area contributed by atoms with Crippen molar-refractivity contribution < 1.29 is 9.59 Å². The summed E-state index contributed by atoms with van der Waals surface area (Å²) >= 11 is 0. The zero-order chi connectivity index (χ0) is 8.55. The molecule has 0 aliphatic heterocycles. The van der Waals surface area contributed by atoms with E-state index in [1.54, 1.807) is 24.3 Å². The van der Waals surface area contributed by atoms with E-state index >= 15 is 0 Å². The molecule has 66 valence electrons. The highest BCUT2D eigenvalue weighted by molar-refractivity contribution is 6.21. The Labute approximate surface area is 76.9 Å². The molecule has 13 heavy (non-hydrogen) atoms. The smallest absolute Gasteiger partial charge is 0.186 e. The third-order valence-corrected chi connectivity index (χ3v) is 1.84. The molecule has 0 radical (unpaired) electrons. The number of benzene rings is 1. The van der Waals surface area contributed by atoms with Gasteiger partial charge in [-0.15, -0.1) is 0 Å². The Morgan fingerprint density at radius 2 is 1.15 bits per heavy atom. The maximum absolute atomic E-state index is 11.2. The summed E-state index contributed by atoms with van der Waals surface area (Å²) in [5, 5.41) is 0. The summed E-state index contributed by atoms with van der Waals surface area (Å²) in [6.07, 6.45) is 2.62. The molecule has 0 aromatic heterocycles. The second-order valence-electron chi connectivity index (χ2n) is 2.61. The number of carbonyl (C=O) groups excluding carboxylic acids is 2. The molecule has 1 aliphatic rings. The zero-order valence-electron chi connectivity index (χ0n) is 6.28. The fourth-order valence-corrected chi connectivity index (χ4v) is 1.24. The molecule has 0 spiro atoms. The van der Waals surface area contributed by atoms with E-state index in [1.807, 2.05) is 0 Å². The Bertz CT molecular complexity index is 352. The van der Waals surface area contributed by atoms with Gasteiger partial charge in [0, 0.05) is 11.1 Å². The average Bonchev–Trinajstić information content (AvgIpc) is 2.12. The van der Waals surface area contributed by atoms with E-state index in [1.165, 1.54) is 12.2 Å². The van der Waals surface area contributed by atoms with Crippen LogP contribution in [0.4, 0.5) is 0 Å². The third-order valence-electron chi connectivity index (χ3n) is 1.84. The van der Waals surface area contributed by atoms with Gasteiger partial charge in [-0.05, 0) is 12.2 Å². The summed E-state index contributed by atoms with van der Waals surface area (Å²) < 4.78 is 0. The second kappa shape index (κ2) is 3.35. The maximum Gasteiger partial charge on any atom is 0.186 e. The molecule has 0 N–H and O–H groups in total. The van der Waals surface area contributed by atoms with Crippen LogP contribution in [-0.4, -0.2) is 11.6 Å². The lowest BCUT2D eigenvalue weighted by atomic mass is 9.95. The molecule has 0 fully saturated rings. The second-order valence-corrected chi connectivity index (χ2v) is 2.61. The summed E-state index contributed by atoms with van der Waals surface area (Å²) in [5.74, 6) is -0.185. The standard InChI is InChI=1S/C10H6O2.CH4/c11-9-5-6-10(12)8-4-2-1-3-7(8)9;/h1-6H;1H4. The van der Waals surface area contributed by atoms with Crippen molar-refractivity contribution in [2.75, 3.05) is 0 Å². The van der Waals surface area contributed by atoms with Crippen molar-refractivity contribution >= 4 is 11.6 Å². The Morgan fingerprint density at radius 3 is 1.54 bits per heavy atom. The molecule has 0 saturated carbocycles. The highest BCUT2D eigenvalue weighted by atomic mass is 16.1. The summed E-state index contributed by atoms with van der Waals surface area (Å²) in [6, 6.07) is 6.84. The Hall–Kier alpha value is -1.70. The van der Waals surface area contributed by atoms with Crippen molar-refractivity contribution in [2.24, 2.45) is 0 Å². The van der Waals surface area contributed by atoms with Crippen LogP contribution < -0.4 is 0 Å².